The summed E-state index contributed by atoms with van der Waals surface area (Å²) in [6, 6.07) is 0. The molecule has 2 atom stereocenters. The largest absolute Gasteiger partial charge is 0.472 e. The Bertz CT molecular complexity index is 980. The van der Waals surface area contributed by atoms with Gasteiger partial charge in [-0.05, 0) is 38.5 Å². The maximum atomic E-state index is 12.6. The number of nitrogens with two attached hydrogens (primary N) is 1. The summed E-state index contributed by atoms with van der Waals surface area (Å²) in [7, 11) is -4.38. The van der Waals surface area contributed by atoms with Gasteiger partial charge in [0.05, 0.1) is 13.2 Å². The molecule has 0 rings (SSSR count). The van der Waals surface area contributed by atoms with Crippen LogP contribution in [-0.4, -0.2) is 49.3 Å². The highest BCUT2D eigenvalue weighted by molar-refractivity contribution is 7.47. The number of phosphoric ester groups is 1. The van der Waals surface area contributed by atoms with E-state index in [1.54, 1.807) is 0 Å². The number of carbonyl (C=O) groups excluding carboxylic acids is 2. The Balaban J connectivity index is 4.02. The van der Waals surface area contributed by atoms with Gasteiger partial charge in [0, 0.05) is 19.4 Å². The van der Waals surface area contributed by atoms with Crippen LogP contribution in [0.25, 0.3) is 0 Å². The third-order valence-corrected chi connectivity index (χ3v) is 12.1. The first-order chi connectivity index (χ1) is 28.8. The van der Waals surface area contributed by atoms with E-state index in [2.05, 4.69) is 26.0 Å². The van der Waals surface area contributed by atoms with Gasteiger partial charge in [0.15, 0.2) is 6.10 Å². The summed E-state index contributed by atoms with van der Waals surface area (Å²) < 4.78 is 32.9. The summed E-state index contributed by atoms with van der Waals surface area (Å²) in [5, 5.41) is 0. The molecule has 0 saturated heterocycles. The molecule has 350 valence electrons. The van der Waals surface area contributed by atoms with Gasteiger partial charge in [-0.2, -0.15) is 0 Å². The average molecular weight is 858 g/mol. The summed E-state index contributed by atoms with van der Waals surface area (Å²) in [5.74, 6) is -0.814. The van der Waals surface area contributed by atoms with Crippen molar-refractivity contribution >= 4 is 19.8 Å². The summed E-state index contributed by atoms with van der Waals surface area (Å²) in [5.41, 5.74) is 5.36. The fourth-order valence-electron chi connectivity index (χ4n) is 7.40. The SMILES string of the molecule is CCCCCCCCC=CCCCCCCCCCCCC(=O)OC[C@H](COP(=O)(O)OCCN)OC(=O)CCCCCCCCCCCCCCCCCCCCC. The van der Waals surface area contributed by atoms with Crippen LogP contribution in [0.2, 0.25) is 0 Å². The summed E-state index contributed by atoms with van der Waals surface area (Å²) >= 11 is 0. The second kappa shape index (κ2) is 46.3. The molecule has 0 fully saturated rings. The zero-order valence-electron chi connectivity index (χ0n) is 38.8. The van der Waals surface area contributed by atoms with E-state index in [1.165, 1.54) is 193 Å². The van der Waals surface area contributed by atoms with Crippen LogP contribution >= 0.6 is 7.82 Å². The maximum absolute atomic E-state index is 12.6. The number of unbranched alkanes of at least 4 members (excludes halogenated alkanes) is 33. The minimum absolute atomic E-state index is 0.0564. The van der Waals surface area contributed by atoms with Gasteiger partial charge in [-0.3, -0.25) is 18.6 Å². The van der Waals surface area contributed by atoms with Gasteiger partial charge in [-0.15, -0.1) is 0 Å². The van der Waals surface area contributed by atoms with Gasteiger partial charge in [-0.25, -0.2) is 4.57 Å². The van der Waals surface area contributed by atoms with E-state index in [0.717, 1.165) is 32.1 Å². The van der Waals surface area contributed by atoms with Gasteiger partial charge in [0.25, 0.3) is 0 Å². The summed E-state index contributed by atoms with van der Waals surface area (Å²) in [6.07, 6.45) is 49.6. The van der Waals surface area contributed by atoms with E-state index in [9.17, 15) is 19.0 Å². The van der Waals surface area contributed by atoms with Crippen LogP contribution in [-0.2, 0) is 32.7 Å². The molecular weight excluding hydrogens is 762 g/mol. The van der Waals surface area contributed by atoms with E-state index < -0.39 is 26.5 Å². The predicted molar refractivity (Wildman–Crippen MR) is 248 cm³/mol. The van der Waals surface area contributed by atoms with Crippen molar-refractivity contribution in [1.82, 2.24) is 0 Å². The van der Waals surface area contributed by atoms with Gasteiger partial charge in [0.2, 0.25) is 0 Å². The van der Waals surface area contributed by atoms with Crippen molar-refractivity contribution in [3.63, 3.8) is 0 Å². The van der Waals surface area contributed by atoms with Crippen LogP contribution in [0.4, 0.5) is 0 Å². The second-order valence-corrected chi connectivity index (χ2v) is 18.5. The number of phosphoric acid groups is 1. The third kappa shape index (κ3) is 46.1. The Morgan fingerprint density at radius 1 is 0.492 bits per heavy atom. The zero-order valence-corrected chi connectivity index (χ0v) is 39.7. The first-order valence-corrected chi connectivity index (χ1v) is 26.7. The molecule has 0 aliphatic rings. The molecule has 0 heterocycles. The molecule has 0 aromatic heterocycles. The number of allylic oxidation sites excluding steroid dienone is 2. The van der Waals surface area contributed by atoms with E-state index >= 15 is 0 Å². The van der Waals surface area contributed by atoms with Crippen molar-refractivity contribution in [2.24, 2.45) is 5.73 Å². The molecule has 0 aromatic rings. The summed E-state index contributed by atoms with van der Waals surface area (Å²) in [4.78, 5) is 35.0. The lowest BCUT2D eigenvalue weighted by Gasteiger charge is -2.19. The van der Waals surface area contributed by atoms with Gasteiger partial charge in [-0.1, -0.05) is 219 Å². The minimum atomic E-state index is -4.38. The van der Waals surface area contributed by atoms with Crippen molar-refractivity contribution in [3.8, 4) is 0 Å². The van der Waals surface area contributed by atoms with Crippen molar-refractivity contribution in [2.75, 3.05) is 26.4 Å². The highest BCUT2D eigenvalue weighted by Crippen LogP contribution is 2.43. The highest BCUT2D eigenvalue weighted by Gasteiger charge is 2.26. The van der Waals surface area contributed by atoms with Crippen molar-refractivity contribution < 1.29 is 37.6 Å². The van der Waals surface area contributed by atoms with E-state index in [-0.39, 0.29) is 38.6 Å². The molecule has 59 heavy (non-hydrogen) atoms. The van der Waals surface area contributed by atoms with Crippen LogP contribution in [0.5, 0.6) is 0 Å². The predicted octanol–water partition coefficient (Wildman–Crippen LogP) is 15.0. The van der Waals surface area contributed by atoms with Gasteiger partial charge in [0.1, 0.15) is 6.61 Å². The molecule has 0 radical (unpaired) electrons. The number of esters is 2. The topological polar surface area (TPSA) is 134 Å². The standard InChI is InChI=1S/C49H96NO8P/c1-3-5-7-9-11-13-15-17-19-21-23-25-27-29-31-33-35-37-39-41-48(51)55-45-47(46-57-59(53,54)56-44-43-50)58-49(52)42-40-38-36-34-32-30-28-26-24-22-20-18-16-14-12-10-8-6-4-2/h17,19,47H,3-16,18,20-46,50H2,1-2H3,(H,53,54)/t47-/m1/s1. The van der Waals surface area contributed by atoms with E-state index in [4.69, 9.17) is 24.3 Å². The molecule has 10 heteroatoms. The lowest BCUT2D eigenvalue weighted by Crippen LogP contribution is -2.29. The number of rotatable bonds is 48. The Morgan fingerprint density at radius 2 is 0.831 bits per heavy atom. The Hall–Kier alpha value is -1.25. The van der Waals surface area contributed by atoms with Crippen LogP contribution < -0.4 is 5.73 Å². The number of ether oxygens (including phenoxy) is 2. The van der Waals surface area contributed by atoms with Crippen LogP contribution in [0.1, 0.15) is 258 Å². The third-order valence-electron chi connectivity index (χ3n) is 11.2. The average Bonchev–Trinajstić information content (AvgIpc) is 3.22. The minimum Gasteiger partial charge on any atom is -0.462 e. The van der Waals surface area contributed by atoms with Crippen molar-refractivity contribution in [1.29, 1.82) is 0 Å². The van der Waals surface area contributed by atoms with Gasteiger partial charge < -0.3 is 20.1 Å². The molecule has 9 nitrogen and oxygen atoms in total. The van der Waals surface area contributed by atoms with E-state index in [0.29, 0.717) is 6.42 Å². The summed E-state index contributed by atoms with van der Waals surface area (Å²) in [6.45, 7) is 3.78. The number of hydrogen-bond acceptors (Lipinski definition) is 8. The quantitative estimate of drug-likeness (QED) is 0.0265. The Kier molecular flexibility index (Phi) is 45.3. The second-order valence-electron chi connectivity index (χ2n) is 17.0. The van der Waals surface area contributed by atoms with Crippen molar-refractivity contribution in [3.05, 3.63) is 12.2 Å². The Morgan fingerprint density at radius 3 is 1.20 bits per heavy atom. The molecular formula is C49H96NO8P. The maximum Gasteiger partial charge on any atom is 0.472 e. The number of hydrogen-bond donors (Lipinski definition) is 2. The molecule has 3 N–H and O–H groups in total. The smallest absolute Gasteiger partial charge is 0.462 e. The first-order valence-electron chi connectivity index (χ1n) is 25.2. The molecule has 0 spiro atoms. The monoisotopic (exact) mass is 858 g/mol. The van der Waals surface area contributed by atoms with Gasteiger partial charge >= 0.3 is 19.8 Å². The lowest BCUT2D eigenvalue weighted by atomic mass is 10.0. The zero-order chi connectivity index (χ0) is 43.2. The van der Waals surface area contributed by atoms with Crippen LogP contribution in [0, 0.1) is 0 Å². The molecule has 0 aliphatic heterocycles. The first kappa shape index (κ1) is 57.8. The molecule has 0 bridgehead atoms. The normalized spacial score (nSPS) is 13.2. The van der Waals surface area contributed by atoms with E-state index in [1.807, 2.05) is 0 Å². The molecule has 0 aromatic carbocycles. The fraction of sp³-hybridized carbons (Fsp3) is 0.918. The fourth-order valence-corrected chi connectivity index (χ4v) is 8.16. The highest BCUT2D eigenvalue weighted by atomic mass is 31.2. The number of carbonyl (C=O) groups is 2. The molecule has 0 amide bonds. The van der Waals surface area contributed by atoms with Crippen molar-refractivity contribution in [2.45, 2.75) is 264 Å². The van der Waals surface area contributed by atoms with Crippen LogP contribution in [0.15, 0.2) is 12.2 Å². The molecule has 1 unspecified atom stereocenters. The van der Waals surface area contributed by atoms with Crippen LogP contribution in [0.3, 0.4) is 0 Å². The lowest BCUT2D eigenvalue weighted by molar-refractivity contribution is -0.161. The molecule has 0 aliphatic carbocycles. The Labute approximate surface area is 364 Å². The molecule has 0 saturated carbocycles.